The predicted molar refractivity (Wildman–Crippen MR) is 101 cm³/mol. The number of aromatic nitrogens is 1. The smallest absolute Gasteiger partial charge is 0.265 e. The topological polar surface area (TPSA) is 77.7 Å². The molecule has 138 valence electrons. The van der Waals surface area contributed by atoms with Crippen LogP contribution in [0.25, 0.3) is 0 Å². The van der Waals surface area contributed by atoms with Crippen LogP contribution in [0.2, 0.25) is 0 Å². The number of methoxy groups -OCH3 is 1. The third-order valence-electron chi connectivity index (χ3n) is 5.42. The fraction of sp³-hybridized carbons (Fsp3) is 0.474. The largest absolute Gasteiger partial charge is 0.497 e. The highest BCUT2D eigenvalue weighted by molar-refractivity contribution is 7.17. The minimum atomic E-state index is -0.293. The van der Waals surface area contributed by atoms with Crippen molar-refractivity contribution >= 4 is 22.4 Å². The highest BCUT2D eigenvalue weighted by Crippen LogP contribution is 2.42. The van der Waals surface area contributed by atoms with E-state index in [0.29, 0.717) is 35.4 Å². The number of thiazole rings is 1. The van der Waals surface area contributed by atoms with Crippen LogP contribution < -0.4 is 10.5 Å². The number of fused-ring (bicyclic) bond motifs is 2. The summed E-state index contributed by atoms with van der Waals surface area (Å²) in [4.78, 5) is 19.5. The van der Waals surface area contributed by atoms with Gasteiger partial charge in [-0.3, -0.25) is 4.79 Å². The number of ether oxygens (including phenoxy) is 2. The van der Waals surface area contributed by atoms with Gasteiger partial charge in [0.25, 0.3) is 5.91 Å². The van der Waals surface area contributed by atoms with Gasteiger partial charge in [0.2, 0.25) is 0 Å². The number of carbonyl (C=O) groups is 1. The maximum atomic E-state index is 12.8. The summed E-state index contributed by atoms with van der Waals surface area (Å²) in [6, 6.07) is 6.23. The van der Waals surface area contributed by atoms with Crippen molar-refractivity contribution < 1.29 is 14.3 Å². The second kappa shape index (κ2) is 6.55. The molecule has 2 aromatic rings. The van der Waals surface area contributed by atoms with E-state index in [9.17, 15) is 4.79 Å². The van der Waals surface area contributed by atoms with Crippen LogP contribution in [0.1, 0.15) is 39.3 Å². The SMILES string of the molecule is COc1ccc2c(c1)CCOC21CCN(C(=O)c2sc(N)nc2C)CC1. The number of amides is 1. The maximum absolute atomic E-state index is 12.8. The van der Waals surface area contributed by atoms with E-state index in [1.165, 1.54) is 22.5 Å². The number of nitrogen functional groups attached to an aromatic ring is 1. The zero-order valence-corrected chi connectivity index (χ0v) is 15.9. The molecular weight excluding hydrogens is 350 g/mol. The molecule has 2 aliphatic rings. The van der Waals surface area contributed by atoms with E-state index < -0.39 is 0 Å². The number of hydrogen-bond acceptors (Lipinski definition) is 6. The van der Waals surface area contributed by atoms with Crippen molar-refractivity contribution in [2.75, 3.05) is 32.5 Å². The van der Waals surface area contributed by atoms with Gasteiger partial charge >= 0.3 is 0 Å². The first-order valence-electron chi connectivity index (χ1n) is 8.86. The van der Waals surface area contributed by atoms with Gasteiger partial charge in [-0.2, -0.15) is 0 Å². The highest BCUT2D eigenvalue weighted by atomic mass is 32.1. The van der Waals surface area contributed by atoms with Gasteiger partial charge < -0.3 is 20.1 Å². The Balaban J connectivity index is 1.54. The van der Waals surface area contributed by atoms with Gasteiger partial charge in [0.05, 0.1) is 25.0 Å². The molecule has 3 heterocycles. The van der Waals surface area contributed by atoms with Gasteiger partial charge in [-0.15, -0.1) is 0 Å². The summed E-state index contributed by atoms with van der Waals surface area (Å²) < 4.78 is 11.6. The first kappa shape index (κ1) is 17.3. The molecule has 2 N–H and O–H groups in total. The average Bonchev–Trinajstić information content (AvgIpc) is 3.00. The molecule has 1 amide bonds. The number of rotatable bonds is 2. The Bertz CT molecular complexity index is 841. The summed E-state index contributed by atoms with van der Waals surface area (Å²) in [5.74, 6) is 0.906. The van der Waals surface area contributed by atoms with E-state index >= 15 is 0 Å². The summed E-state index contributed by atoms with van der Waals surface area (Å²) in [7, 11) is 1.69. The van der Waals surface area contributed by atoms with Crippen molar-refractivity contribution in [1.29, 1.82) is 0 Å². The molecule has 0 bridgehead atoms. The number of nitrogens with zero attached hydrogens (tertiary/aromatic N) is 2. The summed E-state index contributed by atoms with van der Waals surface area (Å²) in [5.41, 5.74) is 8.70. The van der Waals surface area contributed by atoms with Crippen molar-refractivity contribution in [2.45, 2.75) is 31.8 Å². The van der Waals surface area contributed by atoms with Crippen LogP contribution in [-0.4, -0.2) is 42.6 Å². The summed E-state index contributed by atoms with van der Waals surface area (Å²) in [6.07, 6.45) is 2.49. The van der Waals surface area contributed by atoms with Crippen LogP contribution in [0, 0.1) is 6.92 Å². The zero-order chi connectivity index (χ0) is 18.3. The Morgan fingerprint density at radius 1 is 1.38 bits per heavy atom. The number of anilines is 1. The lowest BCUT2D eigenvalue weighted by Crippen LogP contribution is -2.48. The van der Waals surface area contributed by atoms with Crippen LogP contribution in [0.5, 0.6) is 5.75 Å². The molecular formula is C19H23N3O3S. The molecule has 1 aromatic carbocycles. The Kier molecular flexibility index (Phi) is 4.36. The van der Waals surface area contributed by atoms with Crippen molar-refractivity contribution in [2.24, 2.45) is 0 Å². The fourth-order valence-corrected chi connectivity index (χ4v) is 4.83. The first-order valence-corrected chi connectivity index (χ1v) is 9.67. The summed E-state index contributed by atoms with van der Waals surface area (Å²) in [6.45, 7) is 3.88. The lowest BCUT2D eigenvalue weighted by atomic mass is 9.79. The molecule has 1 aromatic heterocycles. The Hall–Kier alpha value is -2.12. The maximum Gasteiger partial charge on any atom is 0.265 e. The van der Waals surface area contributed by atoms with E-state index in [1.807, 2.05) is 17.9 Å². The van der Waals surface area contributed by atoms with Gasteiger partial charge in [-0.1, -0.05) is 17.4 Å². The van der Waals surface area contributed by atoms with Crippen molar-refractivity contribution in [3.05, 3.63) is 39.9 Å². The quantitative estimate of drug-likeness (QED) is 0.876. The Morgan fingerprint density at radius 3 is 2.81 bits per heavy atom. The lowest BCUT2D eigenvalue weighted by Gasteiger charge is -2.45. The minimum Gasteiger partial charge on any atom is -0.497 e. The molecule has 0 aliphatic carbocycles. The van der Waals surface area contributed by atoms with Crippen LogP contribution in [0.3, 0.4) is 0 Å². The Labute approximate surface area is 156 Å². The third-order valence-corrected chi connectivity index (χ3v) is 6.39. The van der Waals surface area contributed by atoms with Crippen molar-refractivity contribution in [3.8, 4) is 5.75 Å². The van der Waals surface area contributed by atoms with E-state index in [-0.39, 0.29) is 11.5 Å². The monoisotopic (exact) mass is 373 g/mol. The van der Waals surface area contributed by atoms with Crippen molar-refractivity contribution in [1.82, 2.24) is 9.88 Å². The molecule has 0 atom stereocenters. The molecule has 1 fully saturated rings. The lowest BCUT2D eigenvalue weighted by molar-refractivity contribution is -0.0935. The second-order valence-electron chi connectivity index (χ2n) is 6.87. The number of hydrogen-bond donors (Lipinski definition) is 1. The van der Waals surface area contributed by atoms with E-state index in [4.69, 9.17) is 15.2 Å². The molecule has 0 radical (unpaired) electrons. The molecule has 2 aliphatic heterocycles. The van der Waals surface area contributed by atoms with E-state index in [2.05, 4.69) is 17.1 Å². The number of carbonyl (C=O) groups excluding carboxylic acids is 1. The van der Waals surface area contributed by atoms with Crippen molar-refractivity contribution in [3.63, 3.8) is 0 Å². The second-order valence-corrected chi connectivity index (χ2v) is 7.91. The molecule has 4 rings (SSSR count). The summed E-state index contributed by atoms with van der Waals surface area (Å²) >= 11 is 1.27. The van der Waals surface area contributed by atoms with Crippen LogP contribution in [-0.2, 0) is 16.8 Å². The van der Waals surface area contributed by atoms with Gasteiger partial charge in [-0.05, 0) is 49.4 Å². The Morgan fingerprint density at radius 2 is 2.15 bits per heavy atom. The third kappa shape index (κ3) is 2.85. The number of piperidine rings is 1. The molecule has 1 saturated heterocycles. The number of aryl methyl sites for hydroxylation is 1. The van der Waals surface area contributed by atoms with Gasteiger partial charge in [0.15, 0.2) is 5.13 Å². The molecule has 0 saturated carbocycles. The van der Waals surface area contributed by atoms with Crippen LogP contribution in [0.4, 0.5) is 5.13 Å². The molecule has 26 heavy (non-hydrogen) atoms. The van der Waals surface area contributed by atoms with Gasteiger partial charge in [-0.25, -0.2) is 4.98 Å². The zero-order valence-electron chi connectivity index (χ0n) is 15.1. The normalized spacial score (nSPS) is 18.6. The number of nitrogens with two attached hydrogens (primary N) is 1. The van der Waals surface area contributed by atoms with Crippen LogP contribution in [0.15, 0.2) is 18.2 Å². The molecule has 1 spiro atoms. The predicted octanol–water partition coefficient (Wildman–Crippen LogP) is 2.75. The molecule has 6 nitrogen and oxygen atoms in total. The van der Waals surface area contributed by atoms with E-state index in [1.54, 1.807) is 7.11 Å². The number of benzene rings is 1. The average molecular weight is 373 g/mol. The summed E-state index contributed by atoms with van der Waals surface area (Å²) in [5, 5.41) is 0.442. The first-order chi connectivity index (χ1) is 12.5. The molecule has 7 heteroatoms. The van der Waals surface area contributed by atoms with Crippen LogP contribution >= 0.6 is 11.3 Å². The number of likely N-dealkylation sites (tertiary alicyclic amines) is 1. The minimum absolute atomic E-state index is 0.0253. The highest BCUT2D eigenvalue weighted by Gasteiger charge is 2.42. The van der Waals surface area contributed by atoms with E-state index in [0.717, 1.165) is 25.0 Å². The van der Waals surface area contributed by atoms with Gasteiger partial charge in [0.1, 0.15) is 10.6 Å². The van der Waals surface area contributed by atoms with Gasteiger partial charge in [0, 0.05) is 13.1 Å². The molecule has 0 unspecified atom stereocenters. The fourth-order valence-electron chi connectivity index (χ4n) is 4.03. The standard InChI is InChI=1S/C19H23N3O3S/c1-12-16(26-18(20)21-12)17(23)22-8-6-19(7-9-22)15-4-3-14(24-2)11-13(15)5-10-25-19/h3-4,11H,5-10H2,1-2H3,(H2,20,21).